The van der Waals surface area contributed by atoms with E-state index in [1.807, 2.05) is 12.1 Å². The van der Waals surface area contributed by atoms with Gasteiger partial charge in [0, 0.05) is 30.2 Å². The van der Waals surface area contributed by atoms with Crippen LogP contribution < -0.4 is 10.1 Å². The fourth-order valence-electron chi connectivity index (χ4n) is 2.38. The smallest absolute Gasteiger partial charge is 0.317 e. The van der Waals surface area contributed by atoms with Crippen LogP contribution in [0, 0.1) is 0 Å². The van der Waals surface area contributed by atoms with Crippen molar-refractivity contribution in [2.45, 2.75) is 13.0 Å². The fourth-order valence-corrected chi connectivity index (χ4v) is 2.95. The summed E-state index contributed by atoms with van der Waals surface area (Å²) in [5.41, 5.74) is 1.76. The Morgan fingerprint density at radius 1 is 1.16 bits per heavy atom. The number of amides is 2. The monoisotopic (exact) mass is 382 g/mol. The number of nitrogens with zero attached hydrogens (tertiary/aromatic N) is 1. The second-order valence-electron chi connectivity index (χ2n) is 5.62. The predicted octanol–water partition coefficient (Wildman–Crippen LogP) is 4.09. The van der Waals surface area contributed by atoms with Crippen molar-refractivity contribution in [2.75, 3.05) is 20.7 Å². The standard InChI is InChI=1S/C18H20Cl2N2O3/c1-22(11-13-3-4-17(25-2)16(23)9-13)18(24)21-6-5-12-7-14(19)10-15(20)8-12/h3-4,7-10,23H,5-6,11H2,1-2H3,(H,21,24). The minimum absolute atomic E-state index is 0.0478. The van der Waals surface area contributed by atoms with E-state index in [1.54, 1.807) is 31.3 Å². The van der Waals surface area contributed by atoms with Crippen LogP contribution in [-0.4, -0.2) is 36.7 Å². The number of urea groups is 1. The van der Waals surface area contributed by atoms with Crippen molar-refractivity contribution in [1.82, 2.24) is 10.2 Å². The van der Waals surface area contributed by atoms with Crippen LogP contribution in [-0.2, 0) is 13.0 Å². The molecule has 0 aliphatic heterocycles. The Labute approximate surface area is 157 Å². The number of carbonyl (C=O) groups is 1. The summed E-state index contributed by atoms with van der Waals surface area (Å²) in [7, 11) is 3.17. The molecule has 0 unspecified atom stereocenters. The lowest BCUT2D eigenvalue weighted by atomic mass is 10.1. The Kier molecular flexibility index (Phi) is 6.79. The van der Waals surface area contributed by atoms with Crippen molar-refractivity contribution in [3.63, 3.8) is 0 Å². The molecule has 0 saturated carbocycles. The second-order valence-corrected chi connectivity index (χ2v) is 6.49. The van der Waals surface area contributed by atoms with Crippen molar-refractivity contribution in [3.05, 3.63) is 57.6 Å². The summed E-state index contributed by atoms with van der Waals surface area (Å²) in [6.45, 7) is 0.833. The van der Waals surface area contributed by atoms with Crippen LogP contribution in [0.5, 0.6) is 11.5 Å². The number of ether oxygens (including phenoxy) is 1. The number of benzene rings is 2. The molecule has 0 heterocycles. The molecule has 2 amide bonds. The lowest BCUT2D eigenvalue weighted by molar-refractivity contribution is 0.207. The van der Waals surface area contributed by atoms with E-state index in [2.05, 4.69) is 5.32 Å². The molecule has 2 aromatic carbocycles. The van der Waals surface area contributed by atoms with Crippen molar-refractivity contribution >= 4 is 29.2 Å². The maximum Gasteiger partial charge on any atom is 0.317 e. The van der Waals surface area contributed by atoms with Gasteiger partial charge in [-0.05, 0) is 47.9 Å². The SMILES string of the molecule is COc1ccc(CN(C)C(=O)NCCc2cc(Cl)cc(Cl)c2)cc1O. The van der Waals surface area contributed by atoms with E-state index < -0.39 is 0 Å². The molecule has 2 rings (SSSR count). The van der Waals surface area contributed by atoms with E-state index in [0.717, 1.165) is 11.1 Å². The number of carbonyl (C=O) groups excluding carboxylic acids is 1. The number of methoxy groups -OCH3 is 1. The summed E-state index contributed by atoms with van der Waals surface area (Å²) in [5, 5.41) is 13.8. The van der Waals surface area contributed by atoms with E-state index in [9.17, 15) is 9.90 Å². The number of rotatable bonds is 6. The van der Waals surface area contributed by atoms with Gasteiger partial charge in [0.15, 0.2) is 11.5 Å². The van der Waals surface area contributed by atoms with E-state index in [-0.39, 0.29) is 11.8 Å². The second kappa shape index (κ2) is 8.83. The zero-order valence-electron chi connectivity index (χ0n) is 14.1. The third-order valence-electron chi connectivity index (χ3n) is 3.62. The van der Waals surface area contributed by atoms with Crippen molar-refractivity contribution in [1.29, 1.82) is 0 Å². The molecule has 0 bridgehead atoms. The molecule has 0 fully saturated rings. The molecular formula is C18H20Cl2N2O3. The third-order valence-corrected chi connectivity index (χ3v) is 4.06. The molecule has 134 valence electrons. The summed E-state index contributed by atoms with van der Waals surface area (Å²) in [5.74, 6) is 0.447. The van der Waals surface area contributed by atoms with Crippen LogP contribution >= 0.6 is 23.2 Å². The first-order valence-electron chi connectivity index (χ1n) is 7.69. The summed E-state index contributed by atoms with van der Waals surface area (Å²) < 4.78 is 5.00. The third kappa shape index (κ3) is 5.73. The van der Waals surface area contributed by atoms with Crippen LogP contribution in [0.4, 0.5) is 4.79 Å². The van der Waals surface area contributed by atoms with Gasteiger partial charge in [0.1, 0.15) is 0 Å². The summed E-state index contributed by atoms with van der Waals surface area (Å²) in [6, 6.07) is 10.2. The normalized spacial score (nSPS) is 10.4. The van der Waals surface area contributed by atoms with Crippen molar-refractivity contribution < 1.29 is 14.6 Å². The van der Waals surface area contributed by atoms with E-state index in [0.29, 0.717) is 35.3 Å². The average Bonchev–Trinajstić information content (AvgIpc) is 2.54. The predicted molar refractivity (Wildman–Crippen MR) is 99.7 cm³/mol. The van der Waals surface area contributed by atoms with Gasteiger partial charge in [-0.15, -0.1) is 0 Å². The first-order valence-corrected chi connectivity index (χ1v) is 8.44. The molecule has 0 saturated heterocycles. The van der Waals surface area contributed by atoms with E-state index in [1.165, 1.54) is 12.0 Å². The zero-order valence-corrected chi connectivity index (χ0v) is 15.6. The van der Waals surface area contributed by atoms with Crippen molar-refractivity contribution in [3.8, 4) is 11.5 Å². The average molecular weight is 383 g/mol. The molecule has 0 aliphatic carbocycles. The number of aromatic hydroxyl groups is 1. The molecular weight excluding hydrogens is 363 g/mol. The van der Waals surface area contributed by atoms with Gasteiger partial charge in [0.05, 0.1) is 7.11 Å². The van der Waals surface area contributed by atoms with Gasteiger partial charge in [-0.25, -0.2) is 4.79 Å². The van der Waals surface area contributed by atoms with Crippen LogP contribution in [0.3, 0.4) is 0 Å². The summed E-state index contributed by atoms with van der Waals surface area (Å²) >= 11 is 11.9. The minimum Gasteiger partial charge on any atom is -0.504 e. The summed E-state index contributed by atoms with van der Waals surface area (Å²) in [6.07, 6.45) is 0.628. The summed E-state index contributed by atoms with van der Waals surface area (Å²) in [4.78, 5) is 13.7. The molecule has 25 heavy (non-hydrogen) atoms. The Morgan fingerprint density at radius 2 is 1.84 bits per heavy atom. The first-order chi connectivity index (χ1) is 11.9. The quantitative estimate of drug-likeness (QED) is 0.790. The Morgan fingerprint density at radius 3 is 2.44 bits per heavy atom. The van der Waals surface area contributed by atoms with Gasteiger partial charge < -0.3 is 20.1 Å². The number of halogens is 2. The Hall–Kier alpha value is -2.11. The van der Waals surface area contributed by atoms with Crippen molar-refractivity contribution in [2.24, 2.45) is 0 Å². The van der Waals surface area contributed by atoms with Crippen LogP contribution in [0.1, 0.15) is 11.1 Å². The molecule has 0 atom stereocenters. The van der Waals surface area contributed by atoms with Gasteiger partial charge in [0.25, 0.3) is 0 Å². The number of hydrogen-bond acceptors (Lipinski definition) is 3. The Balaban J connectivity index is 1.84. The maximum absolute atomic E-state index is 12.2. The molecule has 5 nitrogen and oxygen atoms in total. The largest absolute Gasteiger partial charge is 0.504 e. The van der Waals surface area contributed by atoms with Gasteiger partial charge in [-0.1, -0.05) is 29.3 Å². The number of nitrogens with one attached hydrogen (secondary N) is 1. The fraction of sp³-hybridized carbons (Fsp3) is 0.278. The van der Waals surface area contributed by atoms with E-state index >= 15 is 0 Å². The highest BCUT2D eigenvalue weighted by Gasteiger charge is 2.10. The van der Waals surface area contributed by atoms with Crippen LogP contribution in [0.15, 0.2) is 36.4 Å². The van der Waals surface area contributed by atoms with Gasteiger partial charge in [0.2, 0.25) is 0 Å². The zero-order chi connectivity index (χ0) is 18.4. The highest BCUT2D eigenvalue weighted by Crippen LogP contribution is 2.26. The highest BCUT2D eigenvalue weighted by molar-refractivity contribution is 6.34. The first kappa shape index (κ1) is 19.2. The minimum atomic E-state index is -0.205. The van der Waals surface area contributed by atoms with Gasteiger partial charge in [-0.2, -0.15) is 0 Å². The Bertz CT molecular complexity index is 733. The highest BCUT2D eigenvalue weighted by atomic mass is 35.5. The molecule has 0 radical (unpaired) electrons. The number of hydrogen-bond donors (Lipinski definition) is 2. The van der Waals surface area contributed by atoms with Gasteiger partial charge in [-0.3, -0.25) is 0 Å². The van der Waals surface area contributed by atoms with Crippen LogP contribution in [0.25, 0.3) is 0 Å². The molecule has 0 aromatic heterocycles. The topological polar surface area (TPSA) is 61.8 Å². The number of phenols is 1. The van der Waals surface area contributed by atoms with Crippen LogP contribution in [0.2, 0.25) is 10.0 Å². The molecule has 2 N–H and O–H groups in total. The van der Waals surface area contributed by atoms with Gasteiger partial charge >= 0.3 is 6.03 Å². The maximum atomic E-state index is 12.2. The molecule has 0 aliphatic rings. The molecule has 7 heteroatoms. The lowest BCUT2D eigenvalue weighted by Crippen LogP contribution is -2.37. The number of phenolic OH excluding ortho intramolecular Hbond substituents is 1. The molecule has 0 spiro atoms. The lowest BCUT2D eigenvalue weighted by Gasteiger charge is -2.18. The molecule has 2 aromatic rings. The van der Waals surface area contributed by atoms with E-state index in [4.69, 9.17) is 27.9 Å².